The number of nitrogens with one attached hydrogen (secondary N) is 2. The number of carbonyl (C=O) groups is 1. The summed E-state index contributed by atoms with van der Waals surface area (Å²) >= 11 is 0. The van der Waals surface area contributed by atoms with Crippen LogP contribution in [0.25, 0.3) is 11.1 Å². The molecule has 3 rings (SSSR count). The van der Waals surface area contributed by atoms with Crippen molar-refractivity contribution in [3.05, 3.63) is 90.2 Å². The molecule has 0 aliphatic rings. The Labute approximate surface area is 156 Å². The second-order valence-electron chi connectivity index (χ2n) is 5.85. The van der Waals surface area contributed by atoms with Gasteiger partial charge in [0, 0.05) is 0 Å². The molecule has 3 aromatic carbocycles. The molecule has 5 nitrogen and oxygen atoms in total. The molecule has 1 amide bonds. The molecule has 0 aromatic heterocycles. The maximum Gasteiger partial charge on any atom is 0.257 e. The first-order chi connectivity index (χ1) is 12.9. The number of hydrogen-bond donors (Lipinski definition) is 2. The molecule has 0 spiro atoms. The minimum atomic E-state index is -3.96. The first-order valence-electron chi connectivity index (χ1n) is 8.15. The van der Waals surface area contributed by atoms with Gasteiger partial charge in [0.1, 0.15) is 5.82 Å². The van der Waals surface area contributed by atoms with Gasteiger partial charge in [0.15, 0.2) is 0 Å². The van der Waals surface area contributed by atoms with E-state index >= 15 is 0 Å². The molecule has 0 bridgehead atoms. The Bertz CT molecular complexity index is 1020. The Morgan fingerprint density at radius 3 is 2.04 bits per heavy atom. The van der Waals surface area contributed by atoms with Gasteiger partial charge < -0.3 is 0 Å². The van der Waals surface area contributed by atoms with Crippen LogP contribution in [0.2, 0.25) is 0 Å². The highest BCUT2D eigenvalue weighted by Crippen LogP contribution is 2.19. The third kappa shape index (κ3) is 4.99. The molecule has 3 aromatic rings. The van der Waals surface area contributed by atoms with E-state index in [1.165, 1.54) is 0 Å². The summed E-state index contributed by atoms with van der Waals surface area (Å²) in [6.45, 7) is 0. The number of amides is 1. The first-order valence-corrected chi connectivity index (χ1v) is 9.63. The second-order valence-corrected chi connectivity index (χ2v) is 7.53. The summed E-state index contributed by atoms with van der Waals surface area (Å²) in [7, 11) is -3.96. The van der Waals surface area contributed by atoms with E-state index in [-0.39, 0.29) is 11.3 Å². The van der Waals surface area contributed by atoms with E-state index in [9.17, 15) is 17.6 Å². The molecule has 2 N–H and O–H groups in total. The smallest absolute Gasteiger partial charge is 0.257 e. The molecule has 27 heavy (non-hydrogen) atoms. The van der Waals surface area contributed by atoms with E-state index in [1.54, 1.807) is 0 Å². The van der Waals surface area contributed by atoms with E-state index in [0.717, 1.165) is 41.0 Å². The molecule has 0 aliphatic carbocycles. The number of carbonyl (C=O) groups excluding carboxylic acids is 1. The molecule has 138 valence electrons. The highest BCUT2D eigenvalue weighted by Gasteiger charge is 2.15. The van der Waals surface area contributed by atoms with Gasteiger partial charge in [0.2, 0.25) is 5.91 Å². The van der Waals surface area contributed by atoms with Crippen LogP contribution in [0.15, 0.2) is 83.8 Å². The van der Waals surface area contributed by atoms with Crippen molar-refractivity contribution in [3.8, 4) is 11.1 Å². The maximum atomic E-state index is 12.9. The van der Waals surface area contributed by atoms with Crippen molar-refractivity contribution >= 4 is 15.9 Å². The lowest BCUT2D eigenvalue weighted by Gasteiger charge is -2.09. The van der Waals surface area contributed by atoms with Gasteiger partial charge >= 0.3 is 0 Å². The molecule has 0 radical (unpaired) electrons. The molecule has 7 heteroatoms. The lowest BCUT2D eigenvalue weighted by molar-refractivity contribution is -0.120. The molecule has 0 fully saturated rings. The van der Waals surface area contributed by atoms with Crippen molar-refractivity contribution in [1.82, 2.24) is 10.3 Å². The number of sulfonamides is 1. The zero-order valence-corrected chi connectivity index (χ0v) is 15.0. The minimum absolute atomic E-state index is 0.0149. The maximum absolute atomic E-state index is 12.9. The van der Waals surface area contributed by atoms with Gasteiger partial charge in [0.05, 0.1) is 11.3 Å². The van der Waals surface area contributed by atoms with Crippen LogP contribution in [0, 0.1) is 5.82 Å². The van der Waals surface area contributed by atoms with Crippen LogP contribution in [0.3, 0.4) is 0 Å². The Hall–Kier alpha value is -3.03. The molecule has 0 saturated carbocycles. The van der Waals surface area contributed by atoms with E-state index < -0.39 is 21.7 Å². The lowest BCUT2D eigenvalue weighted by atomic mass is 10.0. The summed E-state index contributed by atoms with van der Waals surface area (Å²) < 4.78 is 37.0. The van der Waals surface area contributed by atoms with Crippen LogP contribution in [-0.2, 0) is 21.2 Å². The molecular formula is C20H17FN2O3S. The van der Waals surface area contributed by atoms with Crippen LogP contribution in [0.1, 0.15) is 5.56 Å². The van der Waals surface area contributed by atoms with Crippen molar-refractivity contribution in [2.24, 2.45) is 0 Å². The third-order valence-electron chi connectivity index (χ3n) is 3.87. The molecular weight excluding hydrogens is 367 g/mol. The number of benzene rings is 3. The SMILES string of the molecule is O=C(Cc1ccc(-c2ccccc2)cc1)NNS(=O)(=O)c1ccc(F)cc1. The molecule has 0 atom stereocenters. The standard InChI is InChI=1S/C20H17FN2O3S/c21-18-10-12-19(13-11-18)27(25,26)23-22-20(24)14-15-6-8-17(9-7-15)16-4-2-1-3-5-16/h1-13,23H,14H2,(H,22,24). The monoisotopic (exact) mass is 384 g/mol. The summed E-state index contributed by atoms with van der Waals surface area (Å²) in [5, 5.41) is 0. The number of hydrogen-bond acceptors (Lipinski definition) is 3. The van der Waals surface area contributed by atoms with Crippen molar-refractivity contribution < 1.29 is 17.6 Å². The van der Waals surface area contributed by atoms with Crippen molar-refractivity contribution in [1.29, 1.82) is 0 Å². The summed E-state index contributed by atoms with van der Waals surface area (Å²) in [4.78, 5) is 13.9. The Morgan fingerprint density at radius 1 is 0.815 bits per heavy atom. The zero-order chi connectivity index (χ0) is 19.3. The topological polar surface area (TPSA) is 75.3 Å². The summed E-state index contributed by atoms with van der Waals surface area (Å²) in [6, 6.07) is 21.6. The summed E-state index contributed by atoms with van der Waals surface area (Å²) in [5.41, 5.74) is 5.00. The van der Waals surface area contributed by atoms with Crippen LogP contribution < -0.4 is 10.3 Å². The van der Waals surface area contributed by atoms with Gasteiger partial charge in [-0.2, -0.15) is 0 Å². The molecule has 0 heterocycles. The van der Waals surface area contributed by atoms with Gasteiger partial charge in [-0.15, -0.1) is 4.83 Å². The van der Waals surface area contributed by atoms with Gasteiger partial charge in [-0.25, -0.2) is 12.8 Å². The van der Waals surface area contributed by atoms with Crippen LogP contribution in [-0.4, -0.2) is 14.3 Å². The average molecular weight is 384 g/mol. The Morgan fingerprint density at radius 2 is 1.41 bits per heavy atom. The first kappa shape index (κ1) is 18.8. The zero-order valence-electron chi connectivity index (χ0n) is 14.2. The lowest BCUT2D eigenvalue weighted by Crippen LogP contribution is -2.42. The molecule has 0 unspecified atom stereocenters. The number of halogens is 1. The van der Waals surface area contributed by atoms with Crippen molar-refractivity contribution in [3.63, 3.8) is 0 Å². The van der Waals surface area contributed by atoms with Crippen molar-refractivity contribution in [2.45, 2.75) is 11.3 Å². The van der Waals surface area contributed by atoms with E-state index in [1.807, 2.05) is 59.4 Å². The van der Waals surface area contributed by atoms with Gasteiger partial charge in [0.25, 0.3) is 10.0 Å². The molecule has 0 saturated heterocycles. The highest BCUT2D eigenvalue weighted by atomic mass is 32.2. The van der Waals surface area contributed by atoms with Gasteiger partial charge in [-0.1, -0.05) is 54.6 Å². The highest BCUT2D eigenvalue weighted by molar-refractivity contribution is 7.89. The third-order valence-corrected chi connectivity index (χ3v) is 5.14. The predicted octanol–water partition coefficient (Wildman–Crippen LogP) is 3.04. The average Bonchev–Trinajstić information content (AvgIpc) is 2.68. The fraction of sp³-hybridized carbons (Fsp3) is 0.0500. The Kier molecular flexibility index (Phi) is 5.63. The Balaban J connectivity index is 1.58. The van der Waals surface area contributed by atoms with E-state index in [0.29, 0.717) is 0 Å². The largest absolute Gasteiger partial charge is 0.277 e. The minimum Gasteiger partial charge on any atom is -0.277 e. The summed E-state index contributed by atoms with van der Waals surface area (Å²) in [6.07, 6.45) is 0.0149. The van der Waals surface area contributed by atoms with Gasteiger partial charge in [-0.3, -0.25) is 10.2 Å². The normalized spacial score (nSPS) is 11.1. The molecule has 0 aliphatic heterocycles. The fourth-order valence-corrected chi connectivity index (χ4v) is 3.33. The summed E-state index contributed by atoms with van der Waals surface area (Å²) in [5.74, 6) is -1.05. The van der Waals surface area contributed by atoms with Gasteiger partial charge in [-0.05, 0) is 41.0 Å². The second kappa shape index (κ2) is 8.11. The predicted molar refractivity (Wildman–Crippen MR) is 100 cm³/mol. The number of hydrazine groups is 1. The quantitative estimate of drug-likeness (QED) is 0.642. The van der Waals surface area contributed by atoms with Crippen LogP contribution >= 0.6 is 0 Å². The van der Waals surface area contributed by atoms with Crippen LogP contribution in [0.4, 0.5) is 4.39 Å². The van der Waals surface area contributed by atoms with Crippen molar-refractivity contribution in [2.75, 3.05) is 0 Å². The number of rotatable bonds is 6. The fourth-order valence-electron chi connectivity index (χ4n) is 2.47. The van der Waals surface area contributed by atoms with Crippen LogP contribution in [0.5, 0.6) is 0 Å². The van der Waals surface area contributed by atoms with E-state index in [4.69, 9.17) is 0 Å². The van der Waals surface area contributed by atoms with E-state index in [2.05, 4.69) is 5.43 Å².